The minimum Gasteiger partial charge on any atom is -1.00 e. The second kappa shape index (κ2) is 8.67. The molecule has 52 valence electrons. The van der Waals surface area contributed by atoms with Crippen LogP contribution in [-0.2, 0) is 9.59 Å². The minimum absolute atomic E-state index is 0. The van der Waals surface area contributed by atoms with E-state index in [1.807, 2.05) is 0 Å². The summed E-state index contributed by atoms with van der Waals surface area (Å²) in [6.07, 6.45) is 0.0787. The third-order valence-corrected chi connectivity index (χ3v) is 0.560. The molecule has 0 aromatic carbocycles. The first kappa shape index (κ1) is 16.3. The van der Waals surface area contributed by atoms with Crippen LogP contribution in [0.5, 0.6) is 0 Å². The number of carbonyl (C=O) groups is 2. The van der Waals surface area contributed by atoms with E-state index in [9.17, 15) is 9.59 Å². The zero-order valence-electron chi connectivity index (χ0n) is 7.18. The van der Waals surface area contributed by atoms with Gasteiger partial charge < -0.3 is 13.4 Å². The molecule has 0 aliphatic rings. The van der Waals surface area contributed by atoms with E-state index in [-0.39, 0.29) is 63.6 Å². The molecule has 9 heavy (non-hydrogen) atoms. The van der Waals surface area contributed by atoms with Gasteiger partial charge in [0.25, 0.3) is 0 Å². The zero-order valence-corrected chi connectivity index (χ0v) is 9.62. The van der Waals surface area contributed by atoms with Crippen LogP contribution in [0.2, 0.25) is 0 Å². The van der Waals surface area contributed by atoms with Gasteiger partial charge in [-0.2, -0.15) is 0 Å². The monoisotopic (exact) mass is 260 g/mol. The summed E-state index contributed by atoms with van der Waals surface area (Å²) in [5, 5.41) is 7.83. The molecule has 0 heterocycles. The summed E-state index contributed by atoms with van der Waals surface area (Å²) in [4.78, 5) is 19.5. The van der Waals surface area contributed by atoms with Gasteiger partial charge in [-0.3, -0.25) is 4.79 Å². The van der Waals surface area contributed by atoms with E-state index in [4.69, 9.17) is 5.11 Å². The van der Waals surface area contributed by atoms with Gasteiger partial charge in [0, 0.05) is 6.42 Å². The van der Waals surface area contributed by atoms with Crippen LogP contribution in [0, 0.1) is 0 Å². The van der Waals surface area contributed by atoms with Crippen molar-refractivity contribution in [3.05, 3.63) is 0 Å². The molecule has 0 saturated carbocycles. The van der Waals surface area contributed by atoms with Crippen molar-refractivity contribution in [2.24, 2.45) is 0 Å². The first-order valence-corrected chi connectivity index (χ1v) is 1.94. The maximum absolute atomic E-state index is 9.91. The van der Waals surface area contributed by atoms with Crippen LogP contribution in [0.1, 0.15) is 16.2 Å². The van der Waals surface area contributed by atoms with Crippen LogP contribution in [0.25, 0.3) is 0 Å². The van der Waals surface area contributed by atoms with Crippen molar-refractivity contribution in [3.63, 3.8) is 0 Å². The second-order valence-electron chi connectivity index (χ2n) is 1.08. The standard InChI is InChI=1S/C4H6O3.Ba.H2O.2H/c1-2-3(5)4(6)7;;;;/h2H2,1H3,(H,6,7);;1H2;;/q;+2;;2*-1. The number of Topliss-reactive ketones (excluding diaryl/α,β-unsaturated/α-hetero) is 1. The van der Waals surface area contributed by atoms with Crippen LogP contribution in [-0.4, -0.2) is 71.2 Å². The van der Waals surface area contributed by atoms with Crippen molar-refractivity contribution in [1.29, 1.82) is 0 Å². The normalized spacial score (nSPS) is 6.33. The van der Waals surface area contributed by atoms with Gasteiger partial charge in [-0.25, -0.2) is 4.79 Å². The van der Waals surface area contributed by atoms with Crippen LogP contribution < -0.4 is 0 Å². The van der Waals surface area contributed by atoms with E-state index in [2.05, 4.69) is 0 Å². The summed E-state index contributed by atoms with van der Waals surface area (Å²) in [5.74, 6) is -2.08. The fourth-order valence-electron chi connectivity index (χ4n) is 0.151. The maximum atomic E-state index is 9.91. The molecule has 0 aromatic rings. The molecule has 0 bridgehead atoms. The van der Waals surface area contributed by atoms with Crippen molar-refractivity contribution in [2.75, 3.05) is 0 Å². The van der Waals surface area contributed by atoms with Crippen molar-refractivity contribution in [1.82, 2.24) is 0 Å². The number of hydrogen-bond acceptors (Lipinski definition) is 2. The fraction of sp³-hybridized carbons (Fsp3) is 0.500. The van der Waals surface area contributed by atoms with Crippen LogP contribution >= 0.6 is 0 Å². The van der Waals surface area contributed by atoms with E-state index < -0.39 is 11.8 Å². The van der Waals surface area contributed by atoms with Gasteiger partial charge in [0.05, 0.1) is 0 Å². The Morgan fingerprint density at radius 2 is 1.89 bits per heavy atom. The van der Waals surface area contributed by atoms with Gasteiger partial charge in [-0.05, 0) is 0 Å². The molecular weight excluding hydrogens is 249 g/mol. The van der Waals surface area contributed by atoms with Gasteiger partial charge in [0.1, 0.15) is 0 Å². The molecule has 0 fully saturated rings. The summed E-state index contributed by atoms with van der Waals surface area (Å²) in [6, 6.07) is 0. The molecule has 0 radical (unpaired) electrons. The van der Waals surface area contributed by atoms with Crippen LogP contribution in [0.3, 0.4) is 0 Å². The minimum atomic E-state index is -1.34. The van der Waals surface area contributed by atoms with Gasteiger partial charge in [0.2, 0.25) is 5.78 Å². The van der Waals surface area contributed by atoms with Crippen molar-refractivity contribution < 1.29 is 23.0 Å². The number of carbonyl (C=O) groups excluding carboxylic acids is 1. The van der Waals surface area contributed by atoms with E-state index in [0.717, 1.165) is 0 Å². The smallest absolute Gasteiger partial charge is 1.00 e. The van der Waals surface area contributed by atoms with Gasteiger partial charge in [0.15, 0.2) is 0 Å². The number of carboxylic acid groups (broad SMARTS) is 1. The van der Waals surface area contributed by atoms with Crippen molar-refractivity contribution >= 4 is 60.6 Å². The fourth-order valence-corrected chi connectivity index (χ4v) is 0.151. The molecule has 0 aromatic heterocycles. The SMILES string of the molecule is CCC(=O)C(=O)O.O.[Ba+2].[H-].[H-]. The predicted octanol–water partition coefficient (Wildman–Crippen LogP) is -0.930. The Morgan fingerprint density at radius 3 is 1.89 bits per heavy atom. The molecule has 0 rings (SSSR count). The average molecular weight is 259 g/mol. The largest absolute Gasteiger partial charge is 2.00 e. The molecule has 0 atom stereocenters. The van der Waals surface area contributed by atoms with Crippen LogP contribution in [0.4, 0.5) is 0 Å². The molecule has 3 N–H and O–H groups in total. The van der Waals surface area contributed by atoms with Crippen molar-refractivity contribution in [3.8, 4) is 0 Å². The van der Waals surface area contributed by atoms with E-state index in [0.29, 0.717) is 0 Å². The summed E-state index contributed by atoms with van der Waals surface area (Å²) in [5.41, 5.74) is 0. The number of aliphatic carboxylic acids is 1. The number of rotatable bonds is 2. The quantitative estimate of drug-likeness (QED) is 0.513. The zero-order chi connectivity index (χ0) is 5.86. The topological polar surface area (TPSA) is 85.9 Å². The Bertz CT molecular complexity index is 108. The van der Waals surface area contributed by atoms with E-state index in [1.54, 1.807) is 0 Å². The first-order chi connectivity index (χ1) is 3.18. The Balaban J connectivity index is -0.0000000300. The Hall–Kier alpha value is 0.671. The molecule has 0 unspecified atom stereocenters. The van der Waals surface area contributed by atoms with E-state index in [1.165, 1.54) is 6.92 Å². The molecule has 0 spiro atoms. The Kier molecular flexibility index (Phi) is 15.7. The molecule has 0 aliphatic carbocycles. The molecule has 0 aliphatic heterocycles. The predicted molar refractivity (Wildman–Crippen MR) is 34.5 cm³/mol. The second-order valence-corrected chi connectivity index (χ2v) is 1.08. The third kappa shape index (κ3) is 8.67. The first-order valence-electron chi connectivity index (χ1n) is 1.94. The number of hydrogen-bond donors (Lipinski definition) is 1. The Labute approximate surface area is 96.0 Å². The van der Waals surface area contributed by atoms with Crippen molar-refractivity contribution in [2.45, 2.75) is 13.3 Å². The summed E-state index contributed by atoms with van der Waals surface area (Å²) in [6.45, 7) is 1.51. The Morgan fingerprint density at radius 1 is 1.56 bits per heavy atom. The summed E-state index contributed by atoms with van der Waals surface area (Å²) < 4.78 is 0. The average Bonchev–Trinajstić information content (AvgIpc) is 1.65. The van der Waals surface area contributed by atoms with Gasteiger partial charge >= 0.3 is 54.9 Å². The molecule has 0 amide bonds. The number of ketones is 1. The summed E-state index contributed by atoms with van der Waals surface area (Å²) >= 11 is 0. The third-order valence-electron chi connectivity index (χ3n) is 0.560. The number of carboxylic acids is 1. The van der Waals surface area contributed by atoms with E-state index >= 15 is 0 Å². The maximum Gasteiger partial charge on any atom is 2.00 e. The molecular formula is C4H10BaO4. The molecule has 5 heteroatoms. The van der Waals surface area contributed by atoms with Crippen LogP contribution in [0.15, 0.2) is 0 Å². The van der Waals surface area contributed by atoms with Gasteiger partial charge in [-0.1, -0.05) is 6.92 Å². The van der Waals surface area contributed by atoms with Gasteiger partial charge in [-0.15, -0.1) is 0 Å². The summed E-state index contributed by atoms with van der Waals surface area (Å²) in [7, 11) is 0. The molecule has 4 nitrogen and oxygen atoms in total. The molecule has 0 saturated heterocycles.